The molecule has 1 amide bonds. The van der Waals surface area contributed by atoms with Crippen LogP contribution in [0.25, 0.3) is 16.7 Å². The lowest BCUT2D eigenvalue weighted by molar-refractivity contribution is -0.143. The first-order valence-electron chi connectivity index (χ1n) is 27.5. The van der Waals surface area contributed by atoms with Gasteiger partial charge in [-0.25, -0.2) is 9.59 Å². The summed E-state index contributed by atoms with van der Waals surface area (Å²) in [7, 11) is -6.60. The maximum Gasteiger partial charge on any atom is 0.408 e. The van der Waals surface area contributed by atoms with Gasteiger partial charge in [-0.05, 0) is 85.3 Å². The van der Waals surface area contributed by atoms with Gasteiger partial charge in [0.1, 0.15) is 30.6 Å². The summed E-state index contributed by atoms with van der Waals surface area (Å²) in [5, 5.41) is 3.54. The Kier molecular flexibility index (Phi) is 21.0. The fourth-order valence-corrected chi connectivity index (χ4v) is 29.9. The molecular formula is C60H92N2O9Si3. The summed E-state index contributed by atoms with van der Waals surface area (Å²) in [4.78, 5) is 43.2. The molecule has 74 heavy (non-hydrogen) atoms. The molecule has 1 N–H and O–H groups in total. The highest BCUT2D eigenvalue weighted by Gasteiger charge is 2.55. The van der Waals surface area contributed by atoms with Gasteiger partial charge in [0.2, 0.25) is 25.0 Å². The number of alkyl carbamates (subject to hydrolysis) is 1. The number of methoxy groups -OCH3 is 1. The Hall–Kier alpha value is -4.32. The van der Waals surface area contributed by atoms with Crippen LogP contribution < -0.4 is 5.32 Å². The van der Waals surface area contributed by atoms with Gasteiger partial charge in [0.05, 0.1) is 31.0 Å². The highest BCUT2D eigenvalue weighted by molar-refractivity contribution is 6.78. The van der Waals surface area contributed by atoms with Crippen LogP contribution in [0.4, 0.5) is 4.79 Å². The van der Waals surface area contributed by atoms with E-state index in [-0.39, 0.29) is 58.8 Å². The van der Waals surface area contributed by atoms with Crippen LogP contribution in [-0.4, -0.2) is 85.6 Å². The number of esters is 1. The summed E-state index contributed by atoms with van der Waals surface area (Å²) < 4.78 is 44.2. The SMILES string of the molecule is COC(=O)C(Cc1c(C2=C[C@@H](O[Si](C(C)C)(C(C)C)C(C)C)[C@H](O[Si](C(C)C)(C(C)C)C(C)C)[C@@H](CO[Si](C(C)C)(C(C)C)C(C)C)O2)n(C(=O)c2ccccc2)c2ccccc12)NC(=O)OCc1ccccc1. The van der Waals surface area contributed by atoms with E-state index in [1.54, 1.807) is 16.7 Å². The van der Waals surface area contributed by atoms with Crippen molar-refractivity contribution >= 4 is 59.6 Å². The van der Waals surface area contributed by atoms with Gasteiger partial charge >= 0.3 is 12.1 Å². The van der Waals surface area contributed by atoms with Crippen molar-refractivity contribution < 1.29 is 41.9 Å². The second-order valence-corrected chi connectivity index (χ2v) is 39.7. The second-order valence-electron chi connectivity index (χ2n) is 23.5. The van der Waals surface area contributed by atoms with Crippen molar-refractivity contribution in [2.45, 2.75) is 212 Å². The molecule has 4 aromatic rings. The van der Waals surface area contributed by atoms with Crippen molar-refractivity contribution in [3.63, 3.8) is 0 Å². The molecular weight excluding hydrogens is 977 g/mol. The predicted molar refractivity (Wildman–Crippen MR) is 309 cm³/mol. The number of aromatic nitrogens is 1. The van der Waals surface area contributed by atoms with Crippen LogP contribution in [0.15, 0.2) is 91.0 Å². The predicted octanol–water partition coefficient (Wildman–Crippen LogP) is 15.4. The number of fused-ring (bicyclic) bond motifs is 1. The molecule has 0 saturated heterocycles. The maximum atomic E-state index is 15.5. The van der Waals surface area contributed by atoms with Crippen molar-refractivity contribution in [2.75, 3.05) is 13.7 Å². The number of carbonyl (C=O) groups excluding carboxylic acids is 3. The van der Waals surface area contributed by atoms with E-state index in [1.165, 1.54) is 7.11 Å². The van der Waals surface area contributed by atoms with E-state index < -0.39 is 61.4 Å². The lowest BCUT2D eigenvalue weighted by Gasteiger charge is -2.52. The molecule has 0 saturated carbocycles. The molecule has 4 atom stereocenters. The Labute approximate surface area is 448 Å². The molecule has 3 aromatic carbocycles. The van der Waals surface area contributed by atoms with E-state index in [0.717, 1.165) is 5.56 Å². The molecule has 1 aromatic heterocycles. The van der Waals surface area contributed by atoms with Crippen molar-refractivity contribution in [3.8, 4) is 0 Å². The van der Waals surface area contributed by atoms with Gasteiger partial charge in [-0.1, -0.05) is 191 Å². The highest BCUT2D eigenvalue weighted by atomic mass is 28.4. The molecule has 408 valence electrons. The van der Waals surface area contributed by atoms with Crippen LogP contribution in [-0.2, 0) is 45.3 Å². The van der Waals surface area contributed by atoms with Gasteiger partial charge in [0.25, 0.3) is 5.91 Å². The molecule has 5 rings (SSSR count). The lowest BCUT2D eigenvalue weighted by atomic mass is 9.98. The standard InChI is InChI=1S/C60H92N2O9Si3/c1-38(2)72(39(3)4,40(5)6)68-37-55-57(71-74(44(13)14,45(15)16)46(17)18)54(70-73(41(7)8,42(9)10)43(11)12)35-53(69-55)56-50(34-51(59(64)66-19)61-60(65)67-36-47-28-22-20-23-29-47)49-32-26-27-33-52(49)62(56)58(63)48-30-24-21-25-31-48/h20-33,35,38-46,51,54-55,57H,34,36-37H2,1-19H3,(H,61,65)/t51?,54-,55-,57+/m1/s1. The van der Waals surface area contributed by atoms with Gasteiger partial charge in [-0.3, -0.25) is 9.36 Å². The van der Waals surface area contributed by atoms with Crippen LogP contribution >= 0.6 is 0 Å². The molecule has 11 nitrogen and oxygen atoms in total. The minimum Gasteiger partial charge on any atom is -0.483 e. The zero-order valence-electron chi connectivity index (χ0n) is 48.4. The number of hydrogen-bond donors (Lipinski definition) is 1. The zero-order valence-corrected chi connectivity index (χ0v) is 51.4. The normalized spacial score (nSPS) is 17.4. The molecule has 0 aliphatic carbocycles. The Balaban J connectivity index is 1.90. The first-order valence-corrected chi connectivity index (χ1v) is 33.9. The van der Waals surface area contributed by atoms with E-state index in [1.807, 2.05) is 72.8 Å². The highest BCUT2D eigenvalue weighted by Crippen LogP contribution is 2.50. The first kappa shape index (κ1) is 60.5. The molecule has 1 aliphatic heterocycles. The van der Waals surface area contributed by atoms with Crippen molar-refractivity contribution in [3.05, 3.63) is 113 Å². The average Bonchev–Trinajstić information content (AvgIpc) is 3.67. The van der Waals surface area contributed by atoms with Gasteiger partial charge < -0.3 is 32.8 Å². The number of amides is 1. The average molecular weight is 1070 g/mol. The number of benzene rings is 3. The molecule has 0 spiro atoms. The summed E-state index contributed by atoms with van der Waals surface area (Å²) in [6, 6.07) is 25.0. The molecule has 0 bridgehead atoms. The number of carbonyl (C=O) groups is 3. The smallest absolute Gasteiger partial charge is 0.408 e. The summed E-state index contributed by atoms with van der Waals surface area (Å²) >= 11 is 0. The van der Waals surface area contributed by atoms with Crippen LogP contribution in [0, 0.1) is 0 Å². The number of ether oxygens (including phenoxy) is 3. The quantitative estimate of drug-likeness (QED) is 0.0540. The van der Waals surface area contributed by atoms with E-state index in [2.05, 4.69) is 136 Å². The number of para-hydroxylation sites is 1. The summed E-state index contributed by atoms with van der Waals surface area (Å²) in [5.41, 5.74) is 5.30. The minimum atomic E-state index is -2.71. The number of nitrogens with one attached hydrogen (secondary N) is 1. The first-order chi connectivity index (χ1) is 34.8. The third-order valence-electron chi connectivity index (χ3n) is 16.4. The summed E-state index contributed by atoms with van der Waals surface area (Å²) in [6.45, 7) is 41.7. The molecule has 14 heteroatoms. The summed E-state index contributed by atoms with van der Waals surface area (Å²) in [6.07, 6.45) is -0.659. The topological polar surface area (TPSA) is 124 Å². The Morgan fingerprint density at radius 2 is 1.08 bits per heavy atom. The van der Waals surface area contributed by atoms with Crippen LogP contribution in [0.2, 0.25) is 49.9 Å². The Bertz CT molecular complexity index is 2430. The van der Waals surface area contributed by atoms with Crippen LogP contribution in [0.5, 0.6) is 0 Å². The number of nitrogens with zero attached hydrogens (tertiary/aromatic N) is 1. The van der Waals surface area contributed by atoms with Crippen LogP contribution in [0.3, 0.4) is 0 Å². The maximum absolute atomic E-state index is 15.5. The van der Waals surface area contributed by atoms with E-state index in [4.69, 9.17) is 27.5 Å². The van der Waals surface area contributed by atoms with Gasteiger partial charge in [-0.15, -0.1) is 0 Å². The summed E-state index contributed by atoms with van der Waals surface area (Å²) in [5.74, 6) is -0.534. The number of rotatable bonds is 24. The van der Waals surface area contributed by atoms with Gasteiger partial charge in [0.15, 0.2) is 0 Å². The van der Waals surface area contributed by atoms with Crippen LogP contribution in [0.1, 0.15) is 152 Å². The van der Waals surface area contributed by atoms with E-state index in [9.17, 15) is 9.59 Å². The lowest BCUT2D eigenvalue weighted by Crippen LogP contribution is -2.61. The fourth-order valence-electron chi connectivity index (χ4n) is 13.4. The third kappa shape index (κ3) is 12.4. The monoisotopic (exact) mass is 1070 g/mol. The third-order valence-corrected chi connectivity index (χ3v) is 34.7. The second kappa shape index (κ2) is 25.7. The van der Waals surface area contributed by atoms with Crippen molar-refractivity contribution in [1.29, 1.82) is 0 Å². The van der Waals surface area contributed by atoms with Crippen molar-refractivity contribution in [1.82, 2.24) is 9.88 Å². The molecule has 2 heterocycles. The van der Waals surface area contributed by atoms with E-state index >= 15 is 4.79 Å². The minimum absolute atomic E-state index is 0.00257. The zero-order chi connectivity index (χ0) is 55.0. The Morgan fingerprint density at radius 3 is 1.58 bits per heavy atom. The molecule has 0 radical (unpaired) electrons. The van der Waals surface area contributed by atoms with E-state index in [0.29, 0.717) is 50.1 Å². The molecule has 0 fully saturated rings. The van der Waals surface area contributed by atoms with Gasteiger partial charge in [0, 0.05) is 17.4 Å². The fraction of sp³-hybridized carbons (Fsp3) is 0.583. The largest absolute Gasteiger partial charge is 0.483 e. The van der Waals surface area contributed by atoms with Crippen molar-refractivity contribution in [2.24, 2.45) is 0 Å². The Morgan fingerprint density at radius 1 is 0.608 bits per heavy atom. The van der Waals surface area contributed by atoms with Gasteiger partial charge in [-0.2, -0.15) is 0 Å². The molecule has 1 aliphatic rings. The molecule has 1 unspecified atom stereocenters. The number of hydrogen-bond acceptors (Lipinski definition) is 9.